The van der Waals surface area contributed by atoms with E-state index in [0.29, 0.717) is 13.1 Å². The number of benzene rings is 1. The summed E-state index contributed by atoms with van der Waals surface area (Å²) in [6, 6.07) is 4.68. The molecule has 3 nitrogen and oxygen atoms in total. The summed E-state index contributed by atoms with van der Waals surface area (Å²) >= 11 is 3.34. The molecule has 1 aromatic heterocycles. The minimum atomic E-state index is -0.239. The van der Waals surface area contributed by atoms with Gasteiger partial charge in [0.2, 0.25) is 0 Å². The number of halogens is 2. The van der Waals surface area contributed by atoms with E-state index in [9.17, 15) is 4.39 Å². The van der Waals surface area contributed by atoms with Crippen LogP contribution in [-0.2, 0) is 13.1 Å². The molecule has 2 rings (SSSR count). The Labute approximate surface area is 113 Å². The largest absolute Gasteiger partial charge is 0.361 e. The van der Waals surface area contributed by atoms with Gasteiger partial charge >= 0.3 is 0 Å². The number of nitrogens with zero attached hydrogens (tertiary/aromatic N) is 1. The van der Waals surface area contributed by atoms with Crippen molar-refractivity contribution in [2.24, 2.45) is 0 Å². The highest BCUT2D eigenvalue weighted by molar-refractivity contribution is 9.10. The molecule has 1 aromatic carbocycles. The third-order valence-electron chi connectivity index (χ3n) is 2.81. The molecule has 0 bridgehead atoms. The molecule has 1 N–H and O–H groups in total. The number of nitrogens with one attached hydrogen (secondary N) is 1. The minimum absolute atomic E-state index is 0.239. The van der Waals surface area contributed by atoms with Crippen LogP contribution >= 0.6 is 15.9 Å². The lowest BCUT2D eigenvalue weighted by Gasteiger charge is -2.06. The minimum Gasteiger partial charge on any atom is -0.361 e. The fraction of sp³-hybridized carbons (Fsp3) is 0.308. The van der Waals surface area contributed by atoms with E-state index < -0.39 is 0 Å². The average molecular weight is 313 g/mol. The molecule has 0 atom stereocenters. The molecule has 0 aliphatic rings. The molecular formula is C13H14BrFN2O. The van der Waals surface area contributed by atoms with Gasteiger partial charge in [0.05, 0.1) is 5.69 Å². The van der Waals surface area contributed by atoms with E-state index in [1.807, 2.05) is 13.8 Å². The molecule has 96 valence electrons. The van der Waals surface area contributed by atoms with E-state index in [4.69, 9.17) is 4.52 Å². The Morgan fingerprint density at radius 2 is 2.11 bits per heavy atom. The molecule has 18 heavy (non-hydrogen) atoms. The SMILES string of the molecule is Cc1noc(C)c1CNCc1ccc(F)cc1Br. The number of aromatic nitrogens is 1. The van der Waals surface area contributed by atoms with Crippen LogP contribution in [0, 0.1) is 19.7 Å². The molecule has 0 aliphatic heterocycles. The summed E-state index contributed by atoms with van der Waals surface area (Å²) in [6.45, 7) is 5.15. The predicted octanol–water partition coefficient (Wildman–Crippen LogP) is 3.48. The molecule has 5 heteroatoms. The Kier molecular flexibility index (Phi) is 4.14. The number of rotatable bonds is 4. The zero-order valence-corrected chi connectivity index (χ0v) is 11.8. The smallest absolute Gasteiger partial charge is 0.138 e. The zero-order chi connectivity index (χ0) is 13.1. The van der Waals surface area contributed by atoms with Crippen LogP contribution in [-0.4, -0.2) is 5.16 Å². The van der Waals surface area contributed by atoms with Gasteiger partial charge in [0.1, 0.15) is 11.6 Å². The first-order chi connectivity index (χ1) is 8.58. The highest BCUT2D eigenvalue weighted by atomic mass is 79.9. The monoisotopic (exact) mass is 312 g/mol. The first-order valence-corrected chi connectivity index (χ1v) is 6.43. The van der Waals surface area contributed by atoms with Crippen molar-refractivity contribution in [3.63, 3.8) is 0 Å². The Hall–Kier alpha value is -1.20. The molecule has 0 fully saturated rings. The summed E-state index contributed by atoms with van der Waals surface area (Å²) in [7, 11) is 0. The number of hydrogen-bond donors (Lipinski definition) is 1. The molecular weight excluding hydrogens is 299 g/mol. The Bertz CT molecular complexity index is 534. The van der Waals surface area contributed by atoms with Gasteiger partial charge in [-0.15, -0.1) is 0 Å². The highest BCUT2D eigenvalue weighted by Gasteiger charge is 2.08. The quantitative estimate of drug-likeness (QED) is 0.939. The van der Waals surface area contributed by atoms with Crippen LogP contribution in [0.25, 0.3) is 0 Å². The molecule has 0 amide bonds. The first kappa shape index (κ1) is 13.2. The second-order valence-electron chi connectivity index (χ2n) is 4.14. The summed E-state index contributed by atoms with van der Waals surface area (Å²) in [5.41, 5.74) is 2.99. The van der Waals surface area contributed by atoms with E-state index in [0.717, 1.165) is 27.1 Å². The van der Waals surface area contributed by atoms with Gasteiger partial charge in [-0.05, 0) is 31.5 Å². The second kappa shape index (κ2) is 5.63. The zero-order valence-electron chi connectivity index (χ0n) is 10.3. The normalized spacial score (nSPS) is 10.9. The van der Waals surface area contributed by atoms with E-state index in [-0.39, 0.29) is 5.82 Å². The maximum absolute atomic E-state index is 12.9. The van der Waals surface area contributed by atoms with Gasteiger partial charge in [-0.25, -0.2) is 4.39 Å². The molecule has 0 spiro atoms. The van der Waals surface area contributed by atoms with Crippen molar-refractivity contribution in [2.45, 2.75) is 26.9 Å². The third kappa shape index (κ3) is 2.97. The molecule has 1 heterocycles. The van der Waals surface area contributed by atoms with Gasteiger partial charge in [0.25, 0.3) is 0 Å². The van der Waals surface area contributed by atoms with Gasteiger partial charge in [-0.3, -0.25) is 0 Å². The van der Waals surface area contributed by atoms with Crippen LogP contribution < -0.4 is 5.32 Å². The lowest BCUT2D eigenvalue weighted by Crippen LogP contribution is -2.14. The number of aryl methyl sites for hydroxylation is 2. The van der Waals surface area contributed by atoms with Crippen molar-refractivity contribution < 1.29 is 8.91 Å². The third-order valence-corrected chi connectivity index (χ3v) is 3.55. The predicted molar refractivity (Wildman–Crippen MR) is 70.6 cm³/mol. The van der Waals surface area contributed by atoms with E-state index >= 15 is 0 Å². The Morgan fingerprint density at radius 3 is 2.72 bits per heavy atom. The number of hydrogen-bond acceptors (Lipinski definition) is 3. The Morgan fingerprint density at radius 1 is 1.33 bits per heavy atom. The van der Waals surface area contributed by atoms with Crippen LogP contribution in [0.5, 0.6) is 0 Å². The summed E-state index contributed by atoms with van der Waals surface area (Å²) in [4.78, 5) is 0. The summed E-state index contributed by atoms with van der Waals surface area (Å²) in [5.74, 6) is 0.592. The molecule has 0 radical (unpaired) electrons. The van der Waals surface area contributed by atoms with Gasteiger partial charge in [-0.1, -0.05) is 27.2 Å². The van der Waals surface area contributed by atoms with Crippen LogP contribution in [0.2, 0.25) is 0 Å². The van der Waals surface area contributed by atoms with E-state index in [2.05, 4.69) is 26.4 Å². The molecule has 2 aromatic rings. The fourth-order valence-corrected chi connectivity index (χ4v) is 2.23. The van der Waals surface area contributed by atoms with Crippen LogP contribution in [0.3, 0.4) is 0 Å². The standard InChI is InChI=1S/C13H14BrFN2O/c1-8-12(9(2)18-17-8)7-16-6-10-3-4-11(15)5-13(10)14/h3-5,16H,6-7H2,1-2H3. The Balaban J connectivity index is 1.96. The maximum Gasteiger partial charge on any atom is 0.138 e. The molecule has 0 aliphatic carbocycles. The topological polar surface area (TPSA) is 38.1 Å². The summed E-state index contributed by atoms with van der Waals surface area (Å²) in [6.07, 6.45) is 0. The van der Waals surface area contributed by atoms with Crippen molar-refractivity contribution in [3.05, 3.63) is 51.1 Å². The van der Waals surface area contributed by atoms with Crippen molar-refractivity contribution >= 4 is 15.9 Å². The average Bonchev–Trinajstić information content (AvgIpc) is 2.63. The molecule has 0 saturated heterocycles. The second-order valence-corrected chi connectivity index (χ2v) is 5.00. The maximum atomic E-state index is 12.9. The van der Waals surface area contributed by atoms with E-state index in [1.54, 1.807) is 6.07 Å². The van der Waals surface area contributed by atoms with Crippen LogP contribution in [0.1, 0.15) is 22.6 Å². The first-order valence-electron chi connectivity index (χ1n) is 5.64. The van der Waals surface area contributed by atoms with Gasteiger partial charge in [0, 0.05) is 23.1 Å². The van der Waals surface area contributed by atoms with Crippen LogP contribution in [0.4, 0.5) is 4.39 Å². The van der Waals surface area contributed by atoms with Crippen molar-refractivity contribution in [3.8, 4) is 0 Å². The lowest BCUT2D eigenvalue weighted by molar-refractivity contribution is 0.392. The van der Waals surface area contributed by atoms with E-state index in [1.165, 1.54) is 12.1 Å². The van der Waals surface area contributed by atoms with Crippen LogP contribution in [0.15, 0.2) is 27.2 Å². The van der Waals surface area contributed by atoms with Crippen molar-refractivity contribution in [1.29, 1.82) is 0 Å². The van der Waals surface area contributed by atoms with Gasteiger partial charge in [0.15, 0.2) is 0 Å². The molecule has 0 unspecified atom stereocenters. The van der Waals surface area contributed by atoms with Crippen molar-refractivity contribution in [1.82, 2.24) is 10.5 Å². The highest BCUT2D eigenvalue weighted by Crippen LogP contribution is 2.18. The fourth-order valence-electron chi connectivity index (χ4n) is 1.74. The summed E-state index contributed by atoms with van der Waals surface area (Å²) in [5, 5.41) is 7.19. The molecule has 0 saturated carbocycles. The van der Waals surface area contributed by atoms with Gasteiger partial charge < -0.3 is 9.84 Å². The van der Waals surface area contributed by atoms with Crippen molar-refractivity contribution in [2.75, 3.05) is 0 Å². The summed E-state index contributed by atoms with van der Waals surface area (Å²) < 4.78 is 18.8. The lowest BCUT2D eigenvalue weighted by atomic mass is 10.2. The van der Waals surface area contributed by atoms with Gasteiger partial charge in [-0.2, -0.15) is 0 Å².